The fourth-order valence-corrected chi connectivity index (χ4v) is 3.95. The van der Waals surface area contributed by atoms with E-state index in [1.807, 2.05) is 61.5 Å². The van der Waals surface area contributed by atoms with Gasteiger partial charge in [-0.1, -0.05) is 43.3 Å². The minimum absolute atomic E-state index is 0.144. The summed E-state index contributed by atoms with van der Waals surface area (Å²) < 4.78 is 5.43. The molecule has 1 atom stereocenters. The number of hydrogen-bond acceptors (Lipinski definition) is 7. The first kappa shape index (κ1) is 23.7. The lowest BCUT2D eigenvalue weighted by atomic mass is 10.0. The van der Waals surface area contributed by atoms with Crippen LogP contribution in [0.5, 0.6) is 5.88 Å². The summed E-state index contributed by atoms with van der Waals surface area (Å²) in [4.78, 5) is 16.4. The van der Waals surface area contributed by atoms with Crippen LogP contribution in [0.4, 0.5) is 0 Å². The molecular weight excluding hydrogens is 444 g/mol. The highest BCUT2D eigenvalue weighted by Crippen LogP contribution is 2.28. The molecule has 1 amide bonds. The van der Waals surface area contributed by atoms with Gasteiger partial charge in [-0.05, 0) is 35.7 Å². The molecule has 0 aliphatic heterocycles. The molecule has 180 valence electrons. The van der Waals surface area contributed by atoms with Crippen LogP contribution in [-0.2, 0) is 0 Å². The Morgan fingerprint density at radius 2 is 1.97 bits per heavy atom. The van der Waals surface area contributed by atoms with Crippen LogP contribution < -0.4 is 21.6 Å². The van der Waals surface area contributed by atoms with Gasteiger partial charge in [0, 0.05) is 24.2 Å². The average molecular weight is 473 g/mol. The van der Waals surface area contributed by atoms with E-state index in [0.29, 0.717) is 17.1 Å². The van der Waals surface area contributed by atoms with Crippen molar-refractivity contribution in [2.24, 2.45) is 16.7 Å². The Balaban J connectivity index is 1.69. The third kappa shape index (κ3) is 4.78. The van der Waals surface area contributed by atoms with Crippen LogP contribution in [0.3, 0.4) is 0 Å². The summed E-state index contributed by atoms with van der Waals surface area (Å²) in [7, 11) is 3.09. The van der Waals surface area contributed by atoms with Gasteiger partial charge in [-0.2, -0.15) is 5.10 Å². The number of nitrogens with one attached hydrogen (secondary N) is 2. The normalized spacial score (nSPS) is 12.4. The number of nitrogens with two attached hydrogens (primary N) is 2. The van der Waals surface area contributed by atoms with E-state index < -0.39 is 0 Å². The number of methoxy groups -OCH3 is 1. The monoisotopic (exact) mass is 472 g/mol. The molecule has 0 saturated heterocycles. The van der Waals surface area contributed by atoms with E-state index in [-0.39, 0.29) is 17.8 Å². The minimum atomic E-state index is -0.256. The van der Waals surface area contributed by atoms with Crippen LogP contribution in [0.2, 0.25) is 0 Å². The fraction of sp³-hybridized carbons (Fsp3) is 0.200. The van der Waals surface area contributed by atoms with Crippen molar-refractivity contribution in [2.75, 3.05) is 14.2 Å². The van der Waals surface area contributed by atoms with Crippen molar-refractivity contribution in [1.82, 2.24) is 25.6 Å². The largest absolute Gasteiger partial charge is 0.480 e. The number of aromatic amines is 1. The lowest BCUT2D eigenvalue weighted by Gasteiger charge is -2.24. The van der Waals surface area contributed by atoms with Gasteiger partial charge in [0.25, 0.3) is 5.91 Å². The molecule has 2 heterocycles. The number of benzene rings is 2. The molecule has 0 radical (unpaired) electrons. The molecule has 0 aliphatic rings. The summed E-state index contributed by atoms with van der Waals surface area (Å²) in [6.07, 6.45) is 2.43. The molecule has 4 aromatic rings. The molecule has 6 N–H and O–H groups in total. The van der Waals surface area contributed by atoms with Gasteiger partial charge in [0.05, 0.1) is 24.2 Å². The van der Waals surface area contributed by atoms with Crippen molar-refractivity contribution in [1.29, 1.82) is 0 Å². The van der Waals surface area contributed by atoms with E-state index in [1.54, 1.807) is 13.2 Å². The first-order chi connectivity index (χ1) is 17.0. The Morgan fingerprint density at radius 1 is 1.20 bits per heavy atom. The molecule has 0 aliphatic carbocycles. The number of hydrazone groups is 1. The van der Waals surface area contributed by atoms with Gasteiger partial charge in [-0.3, -0.25) is 9.89 Å². The summed E-state index contributed by atoms with van der Waals surface area (Å²) >= 11 is 0. The Morgan fingerprint density at radius 3 is 2.66 bits per heavy atom. The van der Waals surface area contributed by atoms with Gasteiger partial charge in [0.15, 0.2) is 11.5 Å². The Hall–Kier alpha value is -4.44. The minimum Gasteiger partial charge on any atom is -0.480 e. The maximum Gasteiger partial charge on any atom is 0.272 e. The van der Waals surface area contributed by atoms with E-state index in [0.717, 1.165) is 34.0 Å². The number of hydrazine groups is 1. The Labute approximate surface area is 202 Å². The smallest absolute Gasteiger partial charge is 0.272 e. The van der Waals surface area contributed by atoms with Crippen molar-refractivity contribution in [2.45, 2.75) is 19.4 Å². The number of rotatable bonds is 8. The number of carbonyl (C=O) groups excluding carboxylic acids is 1. The topological polar surface area (TPSA) is 148 Å². The molecule has 10 heteroatoms. The second-order valence-corrected chi connectivity index (χ2v) is 7.89. The van der Waals surface area contributed by atoms with Gasteiger partial charge in [0.2, 0.25) is 5.88 Å². The Kier molecular flexibility index (Phi) is 6.93. The van der Waals surface area contributed by atoms with Crippen LogP contribution in [0, 0.1) is 0 Å². The number of amides is 1. The molecule has 2 aromatic heterocycles. The number of hydrogen-bond donors (Lipinski definition) is 4. The summed E-state index contributed by atoms with van der Waals surface area (Å²) in [6.45, 7) is 2.03. The summed E-state index contributed by atoms with van der Waals surface area (Å²) in [6, 6.07) is 17.2. The summed E-state index contributed by atoms with van der Waals surface area (Å²) in [5, 5.41) is 16.2. The summed E-state index contributed by atoms with van der Waals surface area (Å²) in [5.74, 6) is 6.56. The van der Waals surface area contributed by atoms with Crippen molar-refractivity contribution >= 4 is 22.6 Å². The van der Waals surface area contributed by atoms with E-state index in [4.69, 9.17) is 16.3 Å². The molecule has 2 aromatic carbocycles. The maximum absolute atomic E-state index is 12.0. The highest BCUT2D eigenvalue weighted by molar-refractivity contribution is 6.05. The van der Waals surface area contributed by atoms with Crippen LogP contribution in [-0.4, -0.2) is 46.2 Å². The number of amidine groups is 1. The van der Waals surface area contributed by atoms with Crippen molar-refractivity contribution in [3.63, 3.8) is 0 Å². The van der Waals surface area contributed by atoms with E-state index in [2.05, 4.69) is 25.6 Å². The maximum atomic E-state index is 12.0. The fourth-order valence-electron chi connectivity index (χ4n) is 3.95. The zero-order chi connectivity index (χ0) is 24.9. The molecule has 0 fully saturated rings. The van der Waals surface area contributed by atoms with Crippen LogP contribution in [0.15, 0.2) is 65.9 Å². The van der Waals surface area contributed by atoms with Crippen molar-refractivity contribution in [3.05, 3.63) is 77.6 Å². The van der Waals surface area contributed by atoms with Gasteiger partial charge < -0.3 is 15.8 Å². The van der Waals surface area contributed by atoms with Crippen LogP contribution in [0.25, 0.3) is 22.0 Å². The highest BCUT2D eigenvalue weighted by atomic mass is 16.5. The quantitative estimate of drug-likeness (QED) is 0.133. The predicted octanol–water partition coefficient (Wildman–Crippen LogP) is 2.94. The van der Waals surface area contributed by atoms with Gasteiger partial charge >= 0.3 is 0 Å². The van der Waals surface area contributed by atoms with Crippen molar-refractivity contribution < 1.29 is 9.53 Å². The first-order valence-electron chi connectivity index (χ1n) is 11.1. The van der Waals surface area contributed by atoms with Crippen LogP contribution >= 0.6 is 0 Å². The van der Waals surface area contributed by atoms with Gasteiger partial charge in [-0.25, -0.2) is 15.9 Å². The lowest BCUT2D eigenvalue weighted by Crippen LogP contribution is -2.33. The Bertz CT molecular complexity index is 1370. The second-order valence-electron chi connectivity index (χ2n) is 7.89. The summed E-state index contributed by atoms with van der Waals surface area (Å²) in [5.41, 5.74) is 10.6. The standard InChI is InChI=1S/C25H28N8O2/c1-4-21(15-8-6-5-7-9-15)33(27)32-23(26)19-12-17(14-29-25(19)35-3)16-10-11-18-20(13-16)30-31-22(18)24(34)28-2/h5-14,21H,4,27H2,1-3H3,(H2,26,32)(H,28,34)(H,30,31). The number of ether oxygens (including phenoxy) is 1. The molecule has 4 rings (SSSR count). The lowest BCUT2D eigenvalue weighted by molar-refractivity contribution is 0.0959. The number of carbonyl (C=O) groups is 1. The van der Waals surface area contributed by atoms with Crippen molar-refractivity contribution in [3.8, 4) is 17.0 Å². The zero-order valence-electron chi connectivity index (χ0n) is 19.8. The van der Waals surface area contributed by atoms with E-state index >= 15 is 0 Å². The van der Waals surface area contributed by atoms with E-state index in [1.165, 1.54) is 12.2 Å². The number of nitrogens with zero attached hydrogens (tertiary/aromatic N) is 4. The third-order valence-electron chi connectivity index (χ3n) is 5.77. The number of H-pyrrole nitrogens is 1. The zero-order valence-corrected chi connectivity index (χ0v) is 19.8. The molecule has 0 saturated carbocycles. The molecule has 35 heavy (non-hydrogen) atoms. The molecular formula is C25H28N8O2. The van der Waals surface area contributed by atoms with Gasteiger partial charge in [-0.15, -0.1) is 5.10 Å². The molecule has 0 bridgehead atoms. The third-order valence-corrected chi connectivity index (χ3v) is 5.77. The molecule has 1 unspecified atom stereocenters. The van der Waals surface area contributed by atoms with E-state index in [9.17, 15) is 4.79 Å². The predicted molar refractivity (Wildman–Crippen MR) is 135 cm³/mol. The molecule has 0 spiro atoms. The molecule has 10 nitrogen and oxygen atoms in total. The van der Waals surface area contributed by atoms with Gasteiger partial charge in [0.1, 0.15) is 0 Å². The average Bonchev–Trinajstić information content (AvgIpc) is 3.32. The first-order valence-corrected chi connectivity index (χ1v) is 11.1. The number of pyridine rings is 1. The second kappa shape index (κ2) is 10.2. The number of fused-ring (bicyclic) bond motifs is 1. The number of aromatic nitrogens is 3. The SMILES string of the molecule is CCC(c1ccccc1)N(N)/N=C(\N)c1cc(-c2ccc3c(C(=O)NC)n[nH]c3c2)cnc1OC. The van der Waals surface area contributed by atoms with Crippen LogP contribution in [0.1, 0.15) is 41.0 Å². The highest BCUT2D eigenvalue weighted by Gasteiger charge is 2.18.